The fraction of sp³-hybridized carbons (Fsp3) is 0.846. The van der Waals surface area contributed by atoms with Crippen LogP contribution in [-0.2, 0) is 19.1 Å². The average Bonchev–Trinajstić information content (AvgIpc) is 2.36. The third-order valence-corrected chi connectivity index (χ3v) is 2.65. The highest BCUT2D eigenvalue weighted by molar-refractivity contribution is 5.82. The van der Waals surface area contributed by atoms with Gasteiger partial charge in [-0.05, 0) is 6.42 Å². The highest BCUT2D eigenvalue weighted by Gasteiger charge is 2.18. The van der Waals surface area contributed by atoms with Gasteiger partial charge in [-0.25, -0.2) is 0 Å². The Morgan fingerprint density at radius 2 is 1.72 bits per heavy atom. The quantitative estimate of drug-likeness (QED) is 0.478. The maximum absolute atomic E-state index is 11.3. The molecule has 0 amide bonds. The van der Waals surface area contributed by atoms with Crippen molar-refractivity contribution in [2.75, 3.05) is 13.7 Å². The highest BCUT2D eigenvalue weighted by Crippen LogP contribution is 2.05. The van der Waals surface area contributed by atoms with E-state index in [1.807, 2.05) is 0 Å². The number of esters is 2. The molecular formula is C13H25NO4. The largest absolute Gasteiger partial charge is 0.468 e. The van der Waals surface area contributed by atoms with Gasteiger partial charge in [0.05, 0.1) is 20.1 Å². The van der Waals surface area contributed by atoms with Gasteiger partial charge in [0.15, 0.2) is 0 Å². The van der Waals surface area contributed by atoms with Crippen molar-refractivity contribution in [1.29, 1.82) is 0 Å². The van der Waals surface area contributed by atoms with Gasteiger partial charge >= 0.3 is 11.9 Å². The minimum Gasteiger partial charge on any atom is -0.468 e. The number of unbranched alkanes of at least 4 members (excludes halogenated alkanes) is 5. The van der Waals surface area contributed by atoms with Crippen molar-refractivity contribution in [3.05, 3.63) is 0 Å². The van der Waals surface area contributed by atoms with Crippen LogP contribution in [0.15, 0.2) is 0 Å². The van der Waals surface area contributed by atoms with Crippen molar-refractivity contribution in [1.82, 2.24) is 0 Å². The fourth-order valence-electron chi connectivity index (χ4n) is 1.54. The number of methoxy groups -OCH3 is 1. The van der Waals surface area contributed by atoms with Gasteiger partial charge in [-0.2, -0.15) is 0 Å². The first-order valence-corrected chi connectivity index (χ1v) is 6.60. The molecule has 0 aliphatic rings. The Bertz CT molecular complexity index is 243. The summed E-state index contributed by atoms with van der Waals surface area (Å²) in [6, 6.07) is -0.924. The van der Waals surface area contributed by atoms with Gasteiger partial charge in [-0.1, -0.05) is 39.0 Å². The lowest BCUT2D eigenvalue weighted by molar-refractivity contribution is -0.150. The Morgan fingerprint density at radius 3 is 2.33 bits per heavy atom. The fourth-order valence-corrected chi connectivity index (χ4v) is 1.54. The summed E-state index contributed by atoms with van der Waals surface area (Å²) in [7, 11) is 1.24. The molecular weight excluding hydrogens is 234 g/mol. The molecule has 1 atom stereocenters. The molecule has 2 N–H and O–H groups in total. The molecule has 0 radical (unpaired) electrons. The van der Waals surface area contributed by atoms with Gasteiger partial charge in [-0.15, -0.1) is 0 Å². The van der Waals surface area contributed by atoms with E-state index >= 15 is 0 Å². The Balaban J connectivity index is 3.45. The lowest BCUT2D eigenvalue weighted by Crippen LogP contribution is -2.34. The second-order valence-corrected chi connectivity index (χ2v) is 4.32. The highest BCUT2D eigenvalue weighted by atomic mass is 16.5. The van der Waals surface area contributed by atoms with E-state index in [2.05, 4.69) is 11.7 Å². The summed E-state index contributed by atoms with van der Waals surface area (Å²) in [5.41, 5.74) is 5.44. The summed E-state index contributed by atoms with van der Waals surface area (Å²) in [6.07, 6.45) is 6.70. The van der Waals surface area contributed by atoms with Gasteiger partial charge in [0.1, 0.15) is 6.04 Å². The smallest absolute Gasteiger partial charge is 0.323 e. The molecule has 0 aromatic heterocycles. The Morgan fingerprint density at radius 1 is 1.11 bits per heavy atom. The van der Waals surface area contributed by atoms with E-state index in [-0.39, 0.29) is 6.42 Å². The number of ether oxygens (including phenoxy) is 2. The van der Waals surface area contributed by atoms with Crippen molar-refractivity contribution in [3.8, 4) is 0 Å². The van der Waals surface area contributed by atoms with E-state index < -0.39 is 18.0 Å². The predicted octanol–water partition coefficient (Wildman–Crippen LogP) is 1.78. The zero-order valence-electron chi connectivity index (χ0n) is 11.4. The Labute approximate surface area is 109 Å². The normalized spacial score (nSPS) is 11.9. The van der Waals surface area contributed by atoms with Crippen LogP contribution in [0.1, 0.15) is 51.9 Å². The van der Waals surface area contributed by atoms with E-state index in [9.17, 15) is 9.59 Å². The third-order valence-electron chi connectivity index (χ3n) is 2.65. The summed E-state index contributed by atoms with van der Waals surface area (Å²) in [5.74, 6) is -1.03. The van der Waals surface area contributed by atoms with Gasteiger partial charge in [0, 0.05) is 0 Å². The lowest BCUT2D eigenvalue weighted by atomic mass is 10.1. The molecule has 0 spiro atoms. The van der Waals surface area contributed by atoms with E-state index in [1.165, 1.54) is 32.8 Å². The van der Waals surface area contributed by atoms with E-state index in [4.69, 9.17) is 10.5 Å². The minimum absolute atomic E-state index is 0.123. The van der Waals surface area contributed by atoms with E-state index in [0.29, 0.717) is 6.61 Å². The standard InChI is InChI=1S/C13H25NO4/c1-3-4-5-6-7-8-9-18-12(15)10-11(14)13(16)17-2/h11H,3-10,14H2,1-2H3. The van der Waals surface area contributed by atoms with Crippen LogP contribution < -0.4 is 5.73 Å². The van der Waals surface area contributed by atoms with Crippen molar-refractivity contribution in [2.24, 2.45) is 5.73 Å². The molecule has 0 fully saturated rings. The summed E-state index contributed by atoms with van der Waals surface area (Å²) in [4.78, 5) is 22.3. The zero-order valence-corrected chi connectivity index (χ0v) is 11.4. The molecule has 0 aliphatic carbocycles. The van der Waals surface area contributed by atoms with Gasteiger partial charge in [-0.3, -0.25) is 9.59 Å². The zero-order chi connectivity index (χ0) is 13.8. The summed E-state index contributed by atoms with van der Waals surface area (Å²) in [5, 5.41) is 0. The summed E-state index contributed by atoms with van der Waals surface area (Å²) >= 11 is 0. The van der Waals surface area contributed by atoms with Crippen LogP contribution in [-0.4, -0.2) is 31.7 Å². The topological polar surface area (TPSA) is 78.6 Å². The number of nitrogens with two attached hydrogens (primary N) is 1. The molecule has 0 aromatic carbocycles. The van der Waals surface area contributed by atoms with Crippen LogP contribution in [0.25, 0.3) is 0 Å². The van der Waals surface area contributed by atoms with Crippen molar-refractivity contribution < 1.29 is 19.1 Å². The maximum atomic E-state index is 11.3. The summed E-state index contributed by atoms with van der Waals surface area (Å²) < 4.78 is 9.41. The molecule has 1 unspecified atom stereocenters. The van der Waals surface area contributed by atoms with Crippen LogP contribution in [0.3, 0.4) is 0 Å². The number of carbonyl (C=O) groups is 2. The van der Waals surface area contributed by atoms with E-state index in [1.54, 1.807) is 0 Å². The molecule has 5 nitrogen and oxygen atoms in total. The van der Waals surface area contributed by atoms with Crippen molar-refractivity contribution in [3.63, 3.8) is 0 Å². The number of carbonyl (C=O) groups excluding carboxylic acids is 2. The van der Waals surface area contributed by atoms with Crippen LogP contribution >= 0.6 is 0 Å². The van der Waals surface area contributed by atoms with Crippen LogP contribution in [0.5, 0.6) is 0 Å². The first-order valence-electron chi connectivity index (χ1n) is 6.60. The van der Waals surface area contributed by atoms with Crippen LogP contribution in [0.2, 0.25) is 0 Å². The van der Waals surface area contributed by atoms with Crippen molar-refractivity contribution >= 4 is 11.9 Å². The van der Waals surface area contributed by atoms with Gasteiger partial charge < -0.3 is 15.2 Å². The maximum Gasteiger partial charge on any atom is 0.323 e. The lowest BCUT2D eigenvalue weighted by Gasteiger charge is -2.09. The molecule has 0 aliphatic heterocycles. The molecule has 0 rings (SSSR count). The Hall–Kier alpha value is -1.10. The molecule has 0 saturated carbocycles. The Kier molecular flexibility index (Phi) is 10.3. The number of rotatable bonds is 10. The molecule has 0 heterocycles. The molecule has 0 saturated heterocycles. The first-order chi connectivity index (χ1) is 8.61. The molecule has 0 aromatic rings. The number of hydrogen-bond donors (Lipinski definition) is 1. The predicted molar refractivity (Wildman–Crippen MR) is 68.9 cm³/mol. The first kappa shape index (κ1) is 16.9. The third kappa shape index (κ3) is 8.98. The minimum atomic E-state index is -0.924. The molecule has 18 heavy (non-hydrogen) atoms. The van der Waals surface area contributed by atoms with Crippen LogP contribution in [0.4, 0.5) is 0 Å². The summed E-state index contributed by atoms with van der Waals surface area (Å²) in [6.45, 7) is 2.57. The van der Waals surface area contributed by atoms with Crippen LogP contribution in [0, 0.1) is 0 Å². The van der Waals surface area contributed by atoms with Gasteiger partial charge in [0.2, 0.25) is 0 Å². The number of hydrogen-bond acceptors (Lipinski definition) is 5. The van der Waals surface area contributed by atoms with Gasteiger partial charge in [0.25, 0.3) is 0 Å². The second kappa shape index (κ2) is 11.0. The molecule has 5 heteroatoms. The SMILES string of the molecule is CCCCCCCCOC(=O)CC(N)C(=O)OC. The van der Waals surface area contributed by atoms with E-state index in [0.717, 1.165) is 12.8 Å². The average molecular weight is 259 g/mol. The molecule has 106 valence electrons. The molecule has 0 bridgehead atoms. The van der Waals surface area contributed by atoms with Crippen molar-refractivity contribution in [2.45, 2.75) is 57.9 Å². The monoisotopic (exact) mass is 259 g/mol. The second-order valence-electron chi connectivity index (χ2n) is 4.32.